The average molecular weight is 314 g/mol. The van der Waals surface area contributed by atoms with Crippen molar-refractivity contribution in [3.05, 3.63) is 23.2 Å². The van der Waals surface area contributed by atoms with Crippen LogP contribution in [0.4, 0.5) is 5.69 Å². The van der Waals surface area contributed by atoms with Crippen LogP contribution in [0.15, 0.2) is 18.2 Å². The first kappa shape index (κ1) is 16.4. The minimum Gasteiger partial charge on any atom is -0.492 e. The van der Waals surface area contributed by atoms with E-state index in [0.717, 1.165) is 24.3 Å². The van der Waals surface area contributed by atoms with Crippen molar-refractivity contribution in [1.29, 1.82) is 0 Å². The van der Waals surface area contributed by atoms with Gasteiger partial charge in [0.15, 0.2) is 0 Å². The molecule has 1 aromatic rings. The summed E-state index contributed by atoms with van der Waals surface area (Å²) in [5.74, 6) is 0.730. The smallest absolute Gasteiger partial charge is 0.138 e. The van der Waals surface area contributed by atoms with E-state index in [1.807, 2.05) is 25.1 Å². The lowest BCUT2D eigenvalue weighted by atomic mass is 9.85. The molecule has 0 radical (unpaired) electrons. The zero-order valence-electron chi connectivity index (χ0n) is 12.9. The van der Waals surface area contributed by atoms with Gasteiger partial charge in [0.2, 0.25) is 0 Å². The first-order valence-corrected chi connectivity index (χ1v) is 7.90. The van der Waals surface area contributed by atoms with Gasteiger partial charge in [0.05, 0.1) is 23.8 Å². The molecule has 21 heavy (non-hydrogen) atoms. The van der Waals surface area contributed by atoms with Gasteiger partial charge in [0.25, 0.3) is 0 Å². The molecule has 118 valence electrons. The van der Waals surface area contributed by atoms with E-state index in [1.165, 1.54) is 0 Å². The Morgan fingerprint density at radius 2 is 2.14 bits per heavy atom. The van der Waals surface area contributed by atoms with E-state index in [9.17, 15) is 0 Å². The molecule has 1 fully saturated rings. The van der Waals surface area contributed by atoms with Crippen molar-refractivity contribution >= 4 is 17.3 Å². The SMILES string of the molecule is CCCOc1ccc(NC2CC(OCC)C2OC)cc1Cl. The van der Waals surface area contributed by atoms with Gasteiger partial charge in [-0.1, -0.05) is 18.5 Å². The van der Waals surface area contributed by atoms with Gasteiger partial charge in [0, 0.05) is 19.4 Å². The lowest BCUT2D eigenvalue weighted by Crippen LogP contribution is -2.56. The van der Waals surface area contributed by atoms with Gasteiger partial charge in [-0.05, 0) is 38.0 Å². The van der Waals surface area contributed by atoms with E-state index in [1.54, 1.807) is 7.11 Å². The van der Waals surface area contributed by atoms with Crippen LogP contribution in [0.5, 0.6) is 5.75 Å². The Labute approximate surface area is 131 Å². The molecule has 0 aliphatic heterocycles. The predicted molar refractivity (Wildman–Crippen MR) is 85.5 cm³/mol. The van der Waals surface area contributed by atoms with Crippen molar-refractivity contribution < 1.29 is 14.2 Å². The first-order chi connectivity index (χ1) is 10.2. The van der Waals surface area contributed by atoms with E-state index in [2.05, 4.69) is 12.2 Å². The van der Waals surface area contributed by atoms with Gasteiger partial charge in [-0.25, -0.2) is 0 Å². The van der Waals surface area contributed by atoms with E-state index in [4.69, 9.17) is 25.8 Å². The molecule has 0 spiro atoms. The van der Waals surface area contributed by atoms with Gasteiger partial charge >= 0.3 is 0 Å². The molecule has 3 unspecified atom stereocenters. The number of anilines is 1. The van der Waals surface area contributed by atoms with E-state index in [-0.39, 0.29) is 18.2 Å². The van der Waals surface area contributed by atoms with Crippen molar-refractivity contribution in [2.45, 2.75) is 44.9 Å². The van der Waals surface area contributed by atoms with Gasteiger partial charge in [-0.15, -0.1) is 0 Å². The maximum atomic E-state index is 6.24. The summed E-state index contributed by atoms with van der Waals surface area (Å²) in [7, 11) is 1.72. The highest BCUT2D eigenvalue weighted by Gasteiger charge is 2.42. The third kappa shape index (κ3) is 4.02. The second-order valence-corrected chi connectivity index (χ2v) is 5.58. The summed E-state index contributed by atoms with van der Waals surface area (Å²) in [6.07, 6.45) is 2.17. The summed E-state index contributed by atoms with van der Waals surface area (Å²) in [6, 6.07) is 6.04. The molecule has 1 aliphatic rings. The molecule has 0 amide bonds. The van der Waals surface area contributed by atoms with Gasteiger partial charge in [0.1, 0.15) is 11.9 Å². The summed E-state index contributed by atoms with van der Waals surface area (Å²) >= 11 is 6.24. The van der Waals surface area contributed by atoms with Gasteiger partial charge in [-0.2, -0.15) is 0 Å². The van der Waals surface area contributed by atoms with E-state index < -0.39 is 0 Å². The molecule has 4 nitrogen and oxygen atoms in total. The number of methoxy groups -OCH3 is 1. The Kier molecular flexibility index (Phi) is 6.15. The zero-order chi connectivity index (χ0) is 15.2. The van der Waals surface area contributed by atoms with Crippen molar-refractivity contribution in [3.8, 4) is 5.75 Å². The van der Waals surface area contributed by atoms with Crippen molar-refractivity contribution in [1.82, 2.24) is 0 Å². The highest BCUT2D eigenvalue weighted by Crippen LogP contribution is 2.32. The van der Waals surface area contributed by atoms with Crippen LogP contribution in [0.25, 0.3) is 0 Å². The topological polar surface area (TPSA) is 39.7 Å². The molecule has 1 aliphatic carbocycles. The van der Waals surface area contributed by atoms with E-state index in [0.29, 0.717) is 18.2 Å². The molecule has 1 saturated carbocycles. The molecule has 0 bridgehead atoms. The fourth-order valence-electron chi connectivity index (χ4n) is 2.55. The molecule has 0 saturated heterocycles. The maximum absolute atomic E-state index is 6.24. The standard InChI is InChI=1S/C16H24ClNO3/c1-4-8-21-14-7-6-11(9-12(14)17)18-13-10-15(20-5-2)16(13)19-3/h6-7,9,13,15-16,18H,4-5,8,10H2,1-3H3. The number of hydrogen-bond donors (Lipinski definition) is 1. The van der Waals surface area contributed by atoms with Crippen molar-refractivity contribution in [2.24, 2.45) is 0 Å². The zero-order valence-corrected chi connectivity index (χ0v) is 13.7. The minimum atomic E-state index is 0.0831. The van der Waals surface area contributed by atoms with Crippen LogP contribution in [-0.4, -0.2) is 38.6 Å². The third-order valence-electron chi connectivity index (χ3n) is 3.65. The Hall–Kier alpha value is -0.970. The molecular formula is C16H24ClNO3. The molecule has 2 rings (SSSR count). The molecule has 3 atom stereocenters. The van der Waals surface area contributed by atoms with Crippen LogP contribution in [-0.2, 0) is 9.47 Å². The number of rotatable bonds is 8. The number of hydrogen-bond acceptors (Lipinski definition) is 4. The Bertz CT molecular complexity index is 455. The molecule has 1 aromatic carbocycles. The highest BCUT2D eigenvalue weighted by molar-refractivity contribution is 6.32. The second-order valence-electron chi connectivity index (χ2n) is 5.17. The Balaban J connectivity index is 1.93. The van der Waals surface area contributed by atoms with Crippen LogP contribution < -0.4 is 10.1 Å². The summed E-state index contributed by atoms with van der Waals surface area (Å²) < 4.78 is 16.7. The minimum absolute atomic E-state index is 0.0831. The number of ether oxygens (including phenoxy) is 3. The van der Waals surface area contributed by atoms with Crippen LogP contribution in [0.2, 0.25) is 5.02 Å². The largest absolute Gasteiger partial charge is 0.492 e. The molecule has 0 aromatic heterocycles. The summed E-state index contributed by atoms with van der Waals surface area (Å²) in [6.45, 7) is 5.46. The van der Waals surface area contributed by atoms with Crippen molar-refractivity contribution in [2.75, 3.05) is 25.6 Å². The van der Waals surface area contributed by atoms with Crippen LogP contribution in [0.1, 0.15) is 26.7 Å². The molecular weight excluding hydrogens is 290 g/mol. The monoisotopic (exact) mass is 313 g/mol. The third-order valence-corrected chi connectivity index (χ3v) is 3.94. The van der Waals surface area contributed by atoms with E-state index >= 15 is 0 Å². The summed E-state index contributed by atoms with van der Waals surface area (Å²) in [4.78, 5) is 0. The Morgan fingerprint density at radius 1 is 1.33 bits per heavy atom. The van der Waals surface area contributed by atoms with Crippen LogP contribution in [0.3, 0.4) is 0 Å². The number of benzene rings is 1. The fourth-order valence-corrected chi connectivity index (χ4v) is 2.78. The predicted octanol–water partition coefficient (Wildman–Crippen LogP) is 3.73. The normalized spacial score (nSPS) is 24.5. The number of halogens is 1. The molecule has 5 heteroatoms. The summed E-state index contributed by atoms with van der Waals surface area (Å²) in [5.41, 5.74) is 0.978. The average Bonchev–Trinajstić information content (AvgIpc) is 2.45. The maximum Gasteiger partial charge on any atom is 0.138 e. The summed E-state index contributed by atoms with van der Waals surface area (Å²) in [5, 5.41) is 4.07. The Morgan fingerprint density at radius 3 is 2.76 bits per heavy atom. The second kappa shape index (κ2) is 7.87. The molecule has 1 N–H and O–H groups in total. The number of nitrogens with one attached hydrogen (secondary N) is 1. The first-order valence-electron chi connectivity index (χ1n) is 7.52. The van der Waals surface area contributed by atoms with Crippen molar-refractivity contribution in [3.63, 3.8) is 0 Å². The van der Waals surface area contributed by atoms with Crippen LogP contribution >= 0.6 is 11.6 Å². The lowest BCUT2D eigenvalue weighted by Gasteiger charge is -2.43. The highest BCUT2D eigenvalue weighted by atomic mass is 35.5. The lowest BCUT2D eigenvalue weighted by molar-refractivity contribution is -0.118. The van der Waals surface area contributed by atoms with Gasteiger partial charge in [-0.3, -0.25) is 0 Å². The molecule has 0 heterocycles. The van der Waals surface area contributed by atoms with Crippen LogP contribution in [0, 0.1) is 0 Å². The fraction of sp³-hybridized carbons (Fsp3) is 0.625. The van der Waals surface area contributed by atoms with Gasteiger partial charge < -0.3 is 19.5 Å². The quantitative estimate of drug-likeness (QED) is 0.794.